The maximum Gasteiger partial charge on any atom is 0.00390 e. The van der Waals surface area contributed by atoms with E-state index >= 15 is 0 Å². The van der Waals surface area contributed by atoms with E-state index in [1.807, 2.05) is 0 Å². The van der Waals surface area contributed by atoms with Crippen LogP contribution in [0.4, 0.5) is 0 Å². The van der Waals surface area contributed by atoms with Crippen LogP contribution in [0, 0.1) is 5.92 Å². The fraction of sp³-hybridized carbons (Fsp3) is 1.00. The minimum atomic E-state index is 0.487. The summed E-state index contributed by atoms with van der Waals surface area (Å²) in [5, 5.41) is 0.564. The van der Waals surface area contributed by atoms with Crippen LogP contribution in [0.5, 0.6) is 0 Å². The Balaban J connectivity index is 2.17. The van der Waals surface area contributed by atoms with Crippen molar-refractivity contribution in [1.29, 1.82) is 0 Å². The highest BCUT2D eigenvalue weighted by Gasteiger charge is 2.18. The molecule has 0 saturated heterocycles. The molecule has 66 valence electrons. The van der Waals surface area contributed by atoms with Crippen molar-refractivity contribution in [2.75, 3.05) is 0 Å². The lowest BCUT2D eigenvalue weighted by Crippen LogP contribution is -2.27. The minimum Gasteiger partial charge on any atom is -0.328 e. The van der Waals surface area contributed by atoms with E-state index in [-0.39, 0.29) is 0 Å². The van der Waals surface area contributed by atoms with E-state index in [4.69, 9.17) is 5.73 Å². The SMILES string of the molecule is C[C@@H](S)CC1CCC(N)CC1. The second-order valence-corrected chi connectivity index (χ2v) is 4.75. The summed E-state index contributed by atoms with van der Waals surface area (Å²) in [5.74, 6) is 0.905. The van der Waals surface area contributed by atoms with Gasteiger partial charge in [-0.15, -0.1) is 0 Å². The second-order valence-electron chi connectivity index (χ2n) is 3.87. The molecule has 1 aliphatic rings. The zero-order valence-corrected chi connectivity index (χ0v) is 8.19. The molecule has 0 aliphatic heterocycles. The largest absolute Gasteiger partial charge is 0.328 e. The van der Waals surface area contributed by atoms with Gasteiger partial charge >= 0.3 is 0 Å². The van der Waals surface area contributed by atoms with Crippen molar-refractivity contribution in [2.24, 2.45) is 11.7 Å². The molecule has 0 radical (unpaired) electrons. The van der Waals surface area contributed by atoms with Crippen LogP contribution in [-0.4, -0.2) is 11.3 Å². The van der Waals surface area contributed by atoms with Gasteiger partial charge < -0.3 is 5.73 Å². The average Bonchev–Trinajstić information content (AvgIpc) is 1.93. The normalized spacial score (nSPS) is 35.2. The average molecular weight is 173 g/mol. The van der Waals surface area contributed by atoms with Crippen LogP contribution in [0.2, 0.25) is 0 Å². The molecule has 0 heterocycles. The van der Waals surface area contributed by atoms with E-state index in [1.54, 1.807) is 0 Å². The Morgan fingerprint density at radius 1 is 1.36 bits per heavy atom. The lowest BCUT2D eigenvalue weighted by atomic mass is 9.84. The number of rotatable bonds is 2. The smallest absolute Gasteiger partial charge is 0.00390 e. The van der Waals surface area contributed by atoms with Gasteiger partial charge in [0.25, 0.3) is 0 Å². The maximum atomic E-state index is 5.81. The summed E-state index contributed by atoms with van der Waals surface area (Å²) in [4.78, 5) is 0. The third-order valence-electron chi connectivity index (χ3n) is 2.57. The summed E-state index contributed by atoms with van der Waals surface area (Å²) >= 11 is 4.40. The Hall–Kier alpha value is 0.310. The molecular formula is C9H19NS. The van der Waals surface area contributed by atoms with E-state index < -0.39 is 0 Å². The van der Waals surface area contributed by atoms with Crippen molar-refractivity contribution in [3.05, 3.63) is 0 Å². The van der Waals surface area contributed by atoms with E-state index in [1.165, 1.54) is 32.1 Å². The molecule has 0 unspecified atom stereocenters. The summed E-state index contributed by atoms with van der Waals surface area (Å²) < 4.78 is 0. The second kappa shape index (κ2) is 4.36. The number of thiol groups is 1. The molecule has 2 heteroatoms. The molecule has 0 spiro atoms. The topological polar surface area (TPSA) is 26.0 Å². The molecule has 1 rings (SSSR count). The van der Waals surface area contributed by atoms with Crippen LogP contribution >= 0.6 is 12.6 Å². The zero-order valence-electron chi connectivity index (χ0n) is 7.29. The molecule has 0 aromatic rings. The lowest BCUT2D eigenvalue weighted by Gasteiger charge is -2.26. The van der Waals surface area contributed by atoms with Crippen molar-refractivity contribution in [3.8, 4) is 0 Å². The Kier molecular flexibility index (Phi) is 3.73. The summed E-state index contributed by atoms with van der Waals surface area (Å²) in [7, 11) is 0. The van der Waals surface area contributed by atoms with Crippen LogP contribution in [0.3, 0.4) is 0 Å². The van der Waals surface area contributed by atoms with Gasteiger partial charge in [0.05, 0.1) is 0 Å². The Bertz CT molecular complexity index is 106. The molecule has 2 N–H and O–H groups in total. The van der Waals surface area contributed by atoms with Crippen LogP contribution in [-0.2, 0) is 0 Å². The zero-order chi connectivity index (χ0) is 8.27. The highest BCUT2D eigenvalue weighted by molar-refractivity contribution is 7.80. The van der Waals surface area contributed by atoms with Crippen molar-refractivity contribution in [3.63, 3.8) is 0 Å². The predicted molar refractivity (Wildman–Crippen MR) is 53.0 cm³/mol. The summed E-state index contributed by atoms with van der Waals surface area (Å²) in [6, 6.07) is 0.487. The first-order chi connectivity index (χ1) is 5.18. The lowest BCUT2D eigenvalue weighted by molar-refractivity contribution is 0.311. The number of hydrogen-bond donors (Lipinski definition) is 2. The number of nitrogens with two attached hydrogens (primary N) is 1. The molecule has 1 fully saturated rings. The highest BCUT2D eigenvalue weighted by atomic mass is 32.1. The van der Waals surface area contributed by atoms with E-state index in [2.05, 4.69) is 19.6 Å². The molecule has 0 bridgehead atoms. The van der Waals surface area contributed by atoms with Gasteiger partial charge in [0.2, 0.25) is 0 Å². The van der Waals surface area contributed by atoms with Gasteiger partial charge in [-0.2, -0.15) is 12.6 Å². The summed E-state index contributed by atoms with van der Waals surface area (Å²) in [5.41, 5.74) is 5.81. The van der Waals surface area contributed by atoms with Gasteiger partial charge in [-0.05, 0) is 43.3 Å². The molecule has 1 aliphatic carbocycles. The molecule has 1 saturated carbocycles. The van der Waals surface area contributed by atoms with Crippen molar-refractivity contribution < 1.29 is 0 Å². The Labute approximate surface area is 75.1 Å². The third kappa shape index (κ3) is 3.48. The van der Waals surface area contributed by atoms with Gasteiger partial charge in [0, 0.05) is 6.04 Å². The van der Waals surface area contributed by atoms with Crippen molar-refractivity contribution in [1.82, 2.24) is 0 Å². The van der Waals surface area contributed by atoms with Gasteiger partial charge in [0.1, 0.15) is 0 Å². The van der Waals surface area contributed by atoms with E-state index in [0.29, 0.717) is 11.3 Å². The van der Waals surface area contributed by atoms with Crippen LogP contribution in [0.1, 0.15) is 39.0 Å². The fourth-order valence-electron chi connectivity index (χ4n) is 1.91. The first kappa shape index (κ1) is 9.40. The number of hydrogen-bond acceptors (Lipinski definition) is 2. The summed E-state index contributed by atoms with van der Waals surface area (Å²) in [6.07, 6.45) is 6.38. The molecule has 1 atom stereocenters. The monoisotopic (exact) mass is 173 g/mol. The molecule has 0 aromatic carbocycles. The van der Waals surface area contributed by atoms with Crippen LogP contribution in [0.25, 0.3) is 0 Å². The van der Waals surface area contributed by atoms with Crippen LogP contribution in [0.15, 0.2) is 0 Å². The van der Waals surface area contributed by atoms with Crippen molar-refractivity contribution in [2.45, 2.75) is 50.3 Å². The Morgan fingerprint density at radius 2 is 1.91 bits per heavy atom. The first-order valence-corrected chi connectivity index (χ1v) is 5.13. The molecular weight excluding hydrogens is 154 g/mol. The Morgan fingerprint density at radius 3 is 2.36 bits per heavy atom. The fourth-order valence-corrected chi connectivity index (χ4v) is 2.20. The molecule has 0 aromatic heterocycles. The van der Waals surface area contributed by atoms with Gasteiger partial charge in [-0.1, -0.05) is 6.92 Å². The third-order valence-corrected chi connectivity index (χ3v) is 2.78. The van der Waals surface area contributed by atoms with E-state index in [0.717, 1.165) is 5.92 Å². The minimum absolute atomic E-state index is 0.487. The quantitative estimate of drug-likeness (QED) is 0.615. The standard InChI is InChI=1S/C9H19NS/c1-7(11)6-8-2-4-9(10)5-3-8/h7-9,11H,2-6,10H2,1H3/t7-,8?,9?/m1/s1. The van der Waals surface area contributed by atoms with E-state index in [9.17, 15) is 0 Å². The van der Waals surface area contributed by atoms with Gasteiger partial charge in [-0.25, -0.2) is 0 Å². The predicted octanol–water partition coefficient (Wildman–Crippen LogP) is 2.21. The van der Waals surface area contributed by atoms with Crippen molar-refractivity contribution >= 4 is 12.6 Å². The van der Waals surface area contributed by atoms with Gasteiger partial charge in [0.15, 0.2) is 0 Å². The first-order valence-electron chi connectivity index (χ1n) is 4.62. The summed E-state index contributed by atoms with van der Waals surface area (Å²) in [6.45, 7) is 2.18. The highest BCUT2D eigenvalue weighted by Crippen LogP contribution is 2.27. The van der Waals surface area contributed by atoms with Gasteiger partial charge in [-0.3, -0.25) is 0 Å². The molecule has 0 amide bonds. The molecule has 1 nitrogen and oxygen atoms in total. The van der Waals surface area contributed by atoms with Crippen LogP contribution < -0.4 is 5.73 Å². The maximum absolute atomic E-state index is 5.81. The molecule has 11 heavy (non-hydrogen) atoms.